The number of ether oxygens (including phenoxy) is 2. The van der Waals surface area contributed by atoms with Crippen molar-refractivity contribution in [3.8, 4) is 0 Å². The second kappa shape index (κ2) is 8.91. The van der Waals surface area contributed by atoms with Gasteiger partial charge in [-0.25, -0.2) is 0 Å². The minimum Gasteiger partial charge on any atom is -0.465 e. The van der Waals surface area contributed by atoms with E-state index >= 15 is 0 Å². The van der Waals surface area contributed by atoms with Crippen LogP contribution in [0.25, 0.3) is 0 Å². The summed E-state index contributed by atoms with van der Waals surface area (Å²) in [7, 11) is 6.36. The van der Waals surface area contributed by atoms with E-state index in [4.69, 9.17) is 9.47 Å². The van der Waals surface area contributed by atoms with Gasteiger partial charge in [-0.1, -0.05) is 0 Å². The van der Waals surface area contributed by atoms with Crippen LogP contribution in [0.3, 0.4) is 0 Å². The standard InChI is InChI=1S/C14H28NO4/c1-6-18-13(16)12(14(17)19-7-2)10-8-9-11-15(3,4)5/h12H,6-11H2,1-5H3/q+1. The lowest BCUT2D eigenvalue weighted by Crippen LogP contribution is -2.35. The molecule has 0 saturated heterocycles. The van der Waals surface area contributed by atoms with E-state index in [1.807, 2.05) is 0 Å². The Labute approximate surface area is 116 Å². The molecule has 0 spiro atoms. The van der Waals surface area contributed by atoms with Crippen molar-refractivity contribution in [3.05, 3.63) is 0 Å². The number of hydrogen-bond donors (Lipinski definition) is 0. The Morgan fingerprint density at radius 2 is 1.42 bits per heavy atom. The molecule has 0 aromatic carbocycles. The fourth-order valence-electron chi connectivity index (χ4n) is 1.75. The van der Waals surface area contributed by atoms with E-state index in [-0.39, 0.29) is 13.2 Å². The molecule has 0 saturated carbocycles. The van der Waals surface area contributed by atoms with Gasteiger partial charge in [0.1, 0.15) is 0 Å². The van der Waals surface area contributed by atoms with Gasteiger partial charge in [0, 0.05) is 0 Å². The highest BCUT2D eigenvalue weighted by Gasteiger charge is 2.28. The molecule has 0 heterocycles. The van der Waals surface area contributed by atoms with Crippen LogP contribution in [0.1, 0.15) is 33.1 Å². The topological polar surface area (TPSA) is 52.6 Å². The maximum Gasteiger partial charge on any atom is 0.320 e. The Kier molecular flexibility index (Phi) is 8.39. The minimum atomic E-state index is -0.771. The maximum absolute atomic E-state index is 11.7. The van der Waals surface area contributed by atoms with Crippen molar-refractivity contribution in [1.29, 1.82) is 0 Å². The first kappa shape index (κ1) is 17.9. The average molecular weight is 274 g/mol. The minimum absolute atomic E-state index is 0.285. The normalized spacial score (nSPS) is 11.5. The molecule has 0 bridgehead atoms. The molecule has 0 rings (SSSR count). The molecular weight excluding hydrogens is 246 g/mol. The van der Waals surface area contributed by atoms with Gasteiger partial charge < -0.3 is 14.0 Å². The fraction of sp³-hybridized carbons (Fsp3) is 0.857. The van der Waals surface area contributed by atoms with Crippen molar-refractivity contribution >= 4 is 11.9 Å². The molecule has 112 valence electrons. The fourth-order valence-corrected chi connectivity index (χ4v) is 1.75. The summed E-state index contributed by atoms with van der Waals surface area (Å²) in [5.41, 5.74) is 0. The number of rotatable bonds is 9. The van der Waals surface area contributed by atoms with Crippen LogP contribution in [-0.2, 0) is 19.1 Å². The van der Waals surface area contributed by atoms with Crippen LogP contribution in [-0.4, -0.2) is 57.3 Å². The first-order valence-electron chi connectivity index (χ1n) is 6.95. The summed E-state index contributed by atoms with van der Waals surface area (Å²) in [6.45, 7) is 5.05. The van der Waals surface area contributed by atoms with E-state index in [1.54, 1.807) is 13.8 Å². The van der Waals surface area contributed by atoms with Crippen molar-refractivity contribution in [2.24, 2.45) is 5.92 Å². The lowest BCUT2D eigenvalue weighted by molar-refractivity contribution is -0.870. The summed E-state index contributed by atoms with van der Waals surface area (Å²) >= 11 is 0. The van der Waals surface area contributed by atoms with Crippen molar-refractivity contribution in [3.63, 3.8) is 0 Å². The molecule has 0 aliphatic rings. The number of carbonyl (C=O) groups is 2. The van der Waals surface area contributed by atoms with Gasteiger partial charge in [0.2, 0.25) is 0 Å². The molecule has 5 heteroatoms. The zero-order valence-electron chi connectivity index (χ0n) is 12.9. The first-order chi connectivity index (χ1) is 8.81. The Hall–Kier alpha value is -1.10. The molecule has 0 radical (unpaired) electrons. The highest BCUT2D eigenvalue weighted by atomic mass is 16.6. The Bertz CT molecular complexity index is 266. The predicted molar refractivity (Wildman–Crippen MR) is 73.5 cm³/mol. The second-order valence-corrected chi connectivity index (χ2v) is 5.57. The van der Waals surface area contributed by atoms with Crippen LogP contribution in [0.5, 0.6) is 0 Å². The Morgan fingerprint density at radius 3 is 1.79 bits per heavy atom. The van der Waals surface area contributed by atoms with Gasteiger partial charge in [-0.15, -0.1) is 0 Å². The second-order valence-electron chi connectivity index (χ2n) is 5.57. The van der Waals surface area contributed by atoms with Crippen molar-refractivity contribution in [1.82, 2.24) is 0 Å². The molecular formula is C14H28NO4+. The zero-order valence-corrected chi connectivity index (χ0v) is 12.9. The molecule has 0 N–H and O–H groups in total. The summed E-state index contributed by atoms with van der Waals surface area (Å²) in [6.07, 6.45) is 2.29. The average Bonchev–Trinajstić information content (AvgIpc) is 2.27. The smallest absolute Gasteiger partial charge is 0.320 e. The van der Waals surface area contributed by atoms with Crippen LogP contribution in [0.4, 0.5) is 0 Å². The van der Waals surface area contributed by atoms with Crippen molar-refractivity contribution < 1.29 is 23.5 Å². The number of unbranched alkanes of at least 4 members (excludes halogenated alkanes) is 1. The molecule has 0 aliphatic heterocycles. The van der Waals surface area contributed by atoms with E-state index < -0.39 is 17.9 Å². The van der Waals surface area contributed by atoms with E-state index in [2.05, 4.69) is 21.1 Å². The lowest BCUT2D eigenvalue weighted by Gasteiger charge is -2.24. The lowest BCUT2D eigenvalue weighted by atomic mass is 10.0. The van der Waals surface area contributed by atoms with Crippen LogP contribution < -0.4 is 0 Å². The van der Waals surface area contributed by atoms with Crippen LogP contribution in [0, 0.1) is 5.92 Å². The highest BCUT2D eigenvalue weighted by molar-refractivity contribution is 5.94. The van der Waals surface area contributed by atoms with E-state index in [0.717, 1.165) is 23.9 Å². The van der Waals surface area contributed by atoms with E-state index in [1.165, 1.54) is 0 Å². The number of hydrogen-bond acceptors (Lipinski definition) is 4. The van der Waals surface area contributed by atoms with Gasteiger partial charge in [-0.05, 0) is 33.1 Å². The van der Waals surface area contributed by atoms with Gasteiger partial charge in [0.05, 0.1) is 40.9 Å². The molecule has 0 fully saturated rings. The zero-order chi connectivity index (χ0) is 14.9. The van der Waals surface area contributed by atoms with E-state index in [0.29, 0.717) is 6.42 Å². The van der Waals surface area contributed by atoms with Crippen LogP contribution in [0.15, 0.2) is 0 Å². The summed E-state index contributed by atoms with van der Waals surface area (Å²) in [5.74, 6) is -1.70. The summed E-state index contributed by atoms with van der Waals surface area (Å²) in [4.78, 5) is 23.4. The van der Waals surface area contributed by atoms with Gasteiger partial charge in [-0.3, -0.25) is 9.59 Å². The summed E-state index contributed by atoms with van der Waals surface area (Å²) in [6, 6.07) is 0. The highest BCUT2D eigenvalue weighted by Crippen LogP contribution is 2.14. The maximum atomic E-state index is 11.7. The Balaban J connectivity index is 4.27. The summed E-state index contributed by atoms with van der Waals surface area (Å²) in [5, 5.41) is 0. The molecule has 0 aromatic heterocycles. The number of esters is 2. The van der Waals surface area contributed by atoms with Crippen molar-refractivity contribution in [2.75, 3.05) is 40.9 Å². The first-order valence-corrected chi connectivity index (χ1v) is 6.95. The third-order valence-corrected chi connectivity index (χ3v) is 2.71. The molecule has 0 atom stereocenters. The third-order valence-electron chi connectivity index (χ3n) is 2.71. The van der Waals surface area contributed by atoms with Gasteiger partial charge in [-0.2, -0.15) is 0 Å². The van der Waals surface area contributed by atoms with Crippen LogP contribution >= 0.6 is 0 Å². The largest absolute Gasteiger partial charge is 0.465 e. The van der Waals surface area contributed by atoms with Crippen molar-refractivity contribution in [2.45, 2.75) is 33.1 Å². The molecule has 5 nitrogen and oxygen atoms in total. The van der Waals surface area contributed by atoms with Crippen LogP contribution in [0.2, 0.25) is 0 Å². The number of quaternary nitrogens is 1. The third kappa shape index (κ3) is 8.59. The monoisotopic (exact) mass is 274 g/mol. The van der Waals surface area contributed by atoms with Gasteiger partial charge >= 0.3 is 11.9 Å². The van der Waals surface area contributed by atoms with E-state index in [9.17, 15) is 9.59 Å². The summed E-state index contributed by atoms with van der Waals surface area (Å²) < 4.78 is 10.7. The number of nitrogens with zero attached hydrogens (tertiary/aromatic N) is 1. The quantitative estimate of drug-likeness (QED) is 0.277. The molecule has 0 aromatic rings. The molecule has 0 unspecified atom stereocenters. The molecule has 19 heavy (non-hydrogen) atoms. The molecule has 0 amide bonds. The molecule has 0 aliphatic carbocycles. The van der Waals surface area contributed by atoms with Gasteiger partial charge in [0.25, 0.3) is 0 Å². The SMILES string of the molecule is CCOC(=O)C(CCCC[N+](C)(C)C)C(=O)OCC. The van der Waals surface area contributed by atoms with Gasteiger partial charge in [0.15, 0.2) is 5.92 Å². The number of carbonyl (C=O) groups excluding carboxylic acids is 2. The Morgan fingerprint density at radius 1 is 0.947 bits per heavy atom. The predicted octanol–water partition coefficient (Wildman–Crippen LogP) is 1.61.